The van der Waals surface area contributed by atoms with Gasteiger partial charge < -0.3 is 4.74 Å². The number of benzene rings is 2. The highest BCUT2D eigenvalue weighted by Crippen LogP contribution is 2.27. The number of hydrogen-bond donors (Lipinski definition) is 1. The summed E-state index contributed by atoms with van der Waals surface area (Å²) in [6.07, 6.45) is 12.8. The molecule has 0 unspecified atom stereocenters. The minimum absolute atomic E-state index is 0.0196. The van der Waals surface area contributed by atoms with Crippen molar-refractivity contribution < 1.29 is 17.7 Å². The van der Waals surface area contributed by atoms with Crippen LogP contribution in [0.5, 0.6) is 11.5 Å². The van der Waals surface area contributed by atoms with Gasteiger partial charge >= 0.3 is 0 Å². The molecule has 0 aliphatic carbocycles. The zero-order chi connectivity index (χ0) is 21.0. The summed E-state index contributed by atoms with van der Waals surface area (Å²) in [5.41, 5.74) is 0.612. The van der Waals surface area contributed by atoms with Crippen LogP contribution >= 0.6 is 0 Å². The maximum atomic E-state index is 11.7. The summed E-state index contributed by atoms with van der Waals surface area (Å²) < 4.78 is 38.8. The number of ether oxygens (including phenoxy) is 1. The second-order valence-corrected chi connectivity index (χ2v) is 8.98. The molecule has 5 heteroatoms. The fourth-order valence-corrected chi connectivity index (χ4v) is 4.23. The third-order valence-corrected chi connectivity index (χ3v) is 6.04. The Labute approximate surface area is 176 Å². The number of aryl methyl sites for hydroxylation is 1. The van der Waals surface area contributed by atoms with E-state index in [1.165, 1.54) is 51.0 Å². The molecular weight excluding hydrogens is 384 g/mol. The minimum atomic E-state index is -4.24. The van der Waals surface area contributed by atoms with E-state index in [1.54, 1.807) is 12.1 Å². The van der Waals surface area contributed by atoms with Gasteiger partial charge in [0, 0.05) is 0 Å². The molecule has 4 nitrogen and oxygen atoms in total. The van der Waals surface area contributed by atoms with Gasteiger partial charge in [0.15, 0.2) is 0 Å². The Bertz CT molecular complexity index is 816. The zero-order valence-corrected chi connectivity index (χ0v) is 18.3. The number of rotatable bonds is 14. The molecule has 0 fully saturated rings. The van der Waals surface area contributed by atoms with Crippen molar-refractivity contribution in [3.8, 4) is 11.5 Å². The average Bonchev–Trinajstić information content (AvgIpc) is 2.69. The fraction of sp³-hybridized carbons (Fsp3) is 0.500. The van der Waals surface area contributed by atoms with Crippen molar-refractivity contribution in [2.75, 3.05) is 0 Å². The maximum Gasteiger partial charge on any atom is 0.294 e. The van der Waals surface area contributed by atoms with Crippen LogP contribution in [0.15, 0.2) is 53.4 Å². The van der Waals surface area contributed by atoms with E-state index in [0.717, 1.165) is 19.3 Å². The number of hydrogen-bond acceptors (Lipinski definition) is 3. The molecule has 0 bridgehead atoms. The lowest BCUT2D eigenvalue weighted by atomic mass is 10.0. The Morgan fingerprint density at radius 3 is 1.93 bits per heavy atom. The van der Waals surface area contributed by atoms with E-state index in [2.05, 4.69) is 6.92 Å². The van der Waals surface area contributed by atoms with Crippen LogP contribution in [0.1, 0.15) is 76.7 Å². The van der Waals surface area contributed by atoms with Gasteiger partial charge in [-0.25, -0.2) is 0 Å². The van der Waals surface area contributed by atoms with Gasteiger partial charge in [0.2, 0.25) is 0 Å². The smallest absolute Gasteiger partial charge is 0.294 e. The normalized spacial score (nSPS) is 11.5. The van der Waals surface area contributed by atoms with Crippen LogP contribution in [0, 0.1) is 0 Å². The largest absolute Gasteiger partial charge is 0.457 e. The van der Waals surface area contributed by atoms with Crippen LogP contribution in [0.25, 0.3) is 0 Å². The van der Waals surface area contributed by atoms with E-state index in [9.17, 15) is 13.0 Å². The van der Waals surface area contributed by atoms with Crippen molar-refractivity contribution in [2.24, 2.45) is 0 Å². The summed E-state index contributed by atoms with van der Waals surface area (Å²) in [5, 5.41) is 0. The summed E-state index contributed by atoms with van der Waals surface area (Å²) in [6.45, 7) is 2.23. The molecule has 2 aromatic rings. The number of para-hydroxylation sites is 1. The molecular formula is C24H34O4S. The predicted molar refractivity (Wildman–Crippen MR) is 118 cm³/mol. The molecule has 0 atom stereocenters. The molecule has 2 aromatic carbocycles. The third-order valence-electron chi connectivity index (χ3n) is 5.09. The summed E-state index contributed by atoms with van der Waals surface area (Å²) >= 11 is 0. The first-order valence-electron chi connectivity index (χ1n) is 10.8. The molecule has 0 radical (unpaired) electrons. The second kappa shape index (κ2) is 12.7. The molecule has 160 valence electrons. The lowest BCUT2D eigenvalue weighted by Gasteiger charge is -2.11. The van der Waals surface area contributed by atoms with Gasteiger partial charge in [-0.3, -0.25) is 4.55 Å². The fourth-order valence-electron chi connectivity index (χ4n) is 3.49. The van der Waals surface area contributed by atoms with Gasteiger partial charge in [-0.15, -0.1) is 0 Å². The molecule has 0 saturated heterocycles. The van der Waals surface area contributed by atoms with Crippen LogP contribution in [0.3, 0.4) is 0 Å². The van der Waals surface area contributed by atoms with E-state index in [-0.39, 0.29) is 4.90 Å². The van der Waals surface area contributed by atoms with Crippen molar-refractivity contribution in [3.05, 3.63) is 54.1 Å². The van der Waals surface area contributed by atoms with Crippen LogP contribution in [0.4, 0.5) is 0 Å². The van der Waals surface area contributed by atoms with Gasteiger partial charge in [-0.2, -0.15) is 8.42 Å². The first-order chi connectivity index (χ1) is 14.0. The minimum Gasteiger partial charge on any atom is -0.457 e. The molecule has 0 aromatic heterocycles. The summed E-state index contributed by atoms with van der Waals surface area (Å²) in [7, 11) is -4.24. The summed E-state index contributed by atoms with van der Waals surface area (Å²) in [4.78, 5) is -0.0196. The van der Waals surface area contributed by atoms with Crippen molar-refractivity contribution in [3.63, 3.8) is 0 Å². The molecule has 0 saturated carbocycles. The Morgan fingerprint density at radius 2 is 1.34 bits per heavy atom. The first kappa shape index (κ1) is 23.4. The molecule has 0 amide bonds. The van der Waals surface area contributed by atoms with Crippen molar-refractivity contribution in [1.29, 1.82) is 0 Å². The van der Waals surface area contributed by atoms with Crippen molar-refractivity contribution in [1.82, 2.24) is 0 Å². The second-order valence-electron chi connectivity index (χ2n) is 7.59. The van der Waals surface area contributed by atoms with Gasteiger partial charge in [0.25, 0.3) is 10.1 Å². The topological polar surface area (TPSA) is 63.6 Å². The zero-order valence-electron chi connectivity index (χ0n) is 17.5. The Kier molecular flexibility index (Phi) is 10.2. The SMILES string of the molecule is CCCCCCCCCCCCc1cc(Oc2ccccc2)ccc1S(=O)(=O)O. The first-order valence-corrected chi connectivity index (χ1v) is 12.3. The molecule has 0 heterocycles. The van der Waals surface area contributed by atoms with E-state index in [1.807, 2.05) is 30.3 Å². The van der Waals surface area contributed by atoms with E-state index < -0.39 is 10.1 Å². The van der Waals surface area contributed by atoms with Gasteiger partial charge in [-0.05, 0) is 48.7 Å². The van der Waals surface area contributed by atoms with Crippen molar-refractivity contribution >= 4 is 10.1 Å². The quantitative estimate of drug-likeness (QED) is 0.260. The van der Waals surface area contributed by atoms with Crippen LogP contribution in [-0.4, -0.2) is 13.0 Å². The standard InChI is InChI=1S/C24H34O4S/c1-2-3-4-5-6-7-8-9-10-12-15-21-20-23(18-19-24(21)29(25,26)27)28-22-16-13-11-14-17-22/h11,13-14,16-20H,2-10,12,15H2,1H3,(H,25,26,27). The van der Waals surface area contributed by atoms with Crippen LogP contribution in [0.2, 0.25) is 0 Å². The lowest BCUT2D eigenvalue weighted by Crippen LogP contribution is -2.04. The van der Waals surface area contributed by atoms with Crippen LogP contribution < -0.4 is 4.74 Å². The highest BCUT2D eigenvalue weighted by molar-refractivity contribution is 7.85. The summed E-state index contributed by atoms with van der Waals surface area (Å²) in [6, 6.07) is 14.1. The molecule has 0 aliphatic rings. The molecule has 0 aliphatic heterocycles. The molecule has 0 spiro atoms. The Morgan fingerprint density at radius 1 is 0.759 bits per heavy atom. The average molecular weight is 419 g/mol. The predicted octanol–water partition coefficient (Wildman–Crippen LogP) is 7.19. The third kappa shape index (κ3) is 9.01. The monoisotopic (exact) mass is 418 g/mol. The van der Waals surface area contributed by atoms with Crippen LogP contribution in [-0.2, 0) is 16.5 Å². The number of unbranched alkanes of at least 4 members (excludes halogenated alkanes) is 9. The lowest BCUT2D eigenvalue weighted by molar-refractivity contribution is 0.475. The van der Waals surface area contributed by atoms with Crippen molar-refractivity contribution in [2.45, 2.75) is 82.4 Å². The Balaban J connectivity index is 1.84. The summed E-state index contributed by atoms with van der Waals surface area (Å²) in [5.74, 6) is 1.27. The highest BCUT2D eigenvalue weighted by Gasteiger charge is 2.16. The van der Waals surface area contributed by atoms with Gasteiger partial charge in [-0.1, -0.05) is 82.9 Å². The maximum absolute atomic E-state index is 11.7. The van der Waals surface area contributed by atoms with Gasteiger partial charge in [0.1, 0.15) is 11.5 Å². The van der Waals surface area contributed by atoms with E-state index in [0.29, 0.717) is 23.5 Å². The molecule has 29 heavy (non-hydrogen) atoms. The molecule has 1 N–H and O–H groups in total. The molecule has 2 rings (SSSR count). The van der Waals surface area contributed by atoms with Gasteiger partial charge in [0.05, 0.1) is 4.90 Å². The highest BCUT2D eigenvalue weighted by atomic mass is 32.2. The van der Waals surface area contributed by atoms with E-state index in [4.69, 9.17) is 4.74 Å². The Hall–Kier alpha value is -1.85. The van der Waals surface area contributed by atoms with E-state index >= 15 is 0 Å².